The first kappa shape index (κ1) is 9.15. The van der Waals surface area contributed by atoms with E-state index in [0.717, 1.165) is 15.8 Å². The first-order valence-corrected chi connectivity index (χ1v) is 5.16. The number of carbonyl (C=O) groups excluding carboxylic acids is 1. The maximum absolute atomic E-state index is 11.3. The monoisotopic (exact) mass is 206 g/mol. The van der Waals surface area contributed by atoms with Crippen LogP contribution in [-0.4, -0.2) is 17.9 Å². The molecule has 1 amide bonds. The van der Waals surface area contributed by atoms with Gasteiger partial charge in [-0.05, 0) is 23.9 Å². The molecule has 0 saturated carbocycles. The summed E-state index contributed by atoms with van der Waals surface area (Å²) in [6, 6.07) is 1.87. The molecule has 3 nitrogen and oxygen atoms in total. The number of hydrogen-bond donors (Lipinski definition) is 1. The maximum atomic E-state index is 11.3. The number of carbonyl (C=O) groups is 1. The summed E-state index contributed by atoms with van der Waals surface area (Å²) < 4.78 is 1.06. The zero-order valence-electron chi connectivity index (χ0n) is 8.00. The summed E-state index contributed by atoms with van der Waals surface area (Å²) in [6.45, 7) is 2.02. The van der Waals surface area contributed by atoms with Gasteiger partial charge in [-0.25, -0.2) is 0 Å². The molecule has 0 aliphatic rings. The molecule has 0 aliphatic heterocycles. The van der Waals surface area contributed by atoms with Gasteiger partial charge < -0.3 is 5.32 Å². The van der Waals surface area contributed by atoms with Crippen molar-refractivity contribution in [3.63, 3.8) is 0 Å². The van der Waals surface area contributed by atoms with E-state index in [1.165, 1.54) is 0 Å². The highest BCUT2D eigenvalue weighted by Crippen LogP contribution is 2.23. The molecular weight excluding hydrogens is 196 g/mol. The predicted molar refractivity (Wildman–Crippen MR) is 57.7 cm³/mol. The quantitative estimate of drug-likeness (QED) is 0.775. The van der Waals surface area contributed by atoms with Crippen molar-refractivity contribution >= 4 is 27.5 Å². The Balaban J connectivity index is 2.57. The Morgan fingerprint density at radius 3 is 3.07 bits per heavy atom. The summed E-state index contributed by atoms with van der Waals surface area (Å²) in [6.07, 6.45) is 1.61. The molecule has 0 aliphatic carbocycles. The van der Waals surface area contributed by atoms with E-state index >= 15 is 0 Å². The molecule has 0 saturated heterocycles. The number of pyridine rings is 1. The molecule has 0 aromatic carbocycles. The van der Waals surface area contributed by atoms with Crippen molar-refractivity contribution < 1.29 is 4.79 Å². The Bertz CT molecular complexity index is 490. The van der Waals surface area contributed by atoms with Gasteiger partial charge in [-0.3, -0.25) is 9.78 Å². The van der Waals surface area contributed by atoms with Gasteiger partial charge in [-0.1, -0.05) is 0 Å². The molecule has 2 heterocycles. The second-order valence-electron chi connectivity index (χ2n) is 3.07. The first-order chi connectivity index (χ1) is 6.72. The van der Waals surface area contributed by atoms with Crippen LogP contribution in [0.25, 0.3) is 10.2 Å². The van der Waals surface area contributed by atoms with E-state index in [9.17, 15) is 4.79 Å². The van der Waals surface area contributed by atoms with Crippen LogP contribution in [-0.2, 0) is 0 Å². The molecule has 72 valence electrons. The summed E-state index contributed by atoms with van der Waals surface area (Å²) in [5.74, 6) is -0.0922. The van der Waals surface area contributed by atoms with E-state index in [2.05, 4.69) is 10.3 Å². The molecule has 14 heavy (non-hydrogen) atoms. The van der Waals surface area contributed by atoms with Crippen LogP contribution in [0.4, 0.5) is 0 Å². The number of amides is 1. The summed E-state index contributed by atoms with van der Waals surface area (Å²) in [4.78, 5) is 15.6. The van der Waals surface area contributed by atoms with Crippen molar-refractivity contribution in [1.29, 1.82) is 0 Å². The summed E-state index contributed by atoms with van der Waals surface area (Å²) in [5, 5.41) is 4.63. The average molecular weight is 206 g/mol. The van der Waals surface area contributed by atoms with Gasteiger partial charge in [0.1, 0.15) is 0 Å². The summed E-state index contributed by atoms with van der Waals surface area (Å²) in [7, 11) is 1.62. The normalized spacial score (nSPS) is 10.4. The minimum atomic E-state index is -0.0922. The topological polar surface area (TPSA) is 42.0 Å². The Kier molecular flexibility index (Phi) is 2.21. The number of hydrogen-bond acceptors (Lipinski definition) is 3. The number of aryl methyl sites for hydroxylation is 1. The van der Waals surface area contributed by atoms with Crippen LogP contribution in [0.3, 0.4) is 0 Å². The fraction of sp³-hybridized carbons (Fsp3) is 0.200. The van der Waals surface area contributed by atoms with Crippen molar-refractivity contribution in [3.05, 3.63) is 28.8 Å². The molecule has 0 radical (unpaired) electrons. The fourth-order valence-electron chi connectivity index (χ4n) is 1.31. The van der Waals surface area contributed by atoms with E-state index < -0.39 is 0 Å². The Morgan fingerprint density at radius 1 is 1.57 bits per heavy atom. The SMILES string of the molecule is CNC(=O)c1cnc2c(C)csc2c1. The van der Waals surface area contributed by atoms with Crippen LogP contribution < -0.4 is 5.32 Å². The largest absolute Gasteiger partial charge is 0.355 e. The molecule has 0 bridgehead atoms. The Hall–Kier alpha value is -1.42. The lowest BCUT2D eigenvalue weighted by molar-refractivity contribution is 0.0963. The highest BCUT2D eigenvalue weighted by atomic mass is 32.1. The van der Waals surface area contributed by atoms with Crippen LogP contribution in [0.5, 0.6) is 0 Å². The van der Waals surface area contributed by atoms with Crippen molar-refractivity contribution in [1.82, 2.24) is 10.3 Å². The molecule has 0 unspecified atom stereocenters. The van der Waals surface area contributed by atoms with Crippen LogP contribution in [0.15, 0.2) is 17.6 Å². The van der Waals surface area contributed by atoms with Gasteiger partial charge in [-0.15, -0.1) is 11.3 Å². The van der Waals surface area contributed by atoms with Gasteiger partial charge in [0.15, 0.2) is 0 Å². The van der Waals surface area contributed by atoms with E-state index in [1.54, 1.807) is 24.6 Å². The third-order valence-corrected chi connectivity index (χ3v) is 3.11. The molecule has 0 spiro atoms. The minimum Gasteiger partial charge on any atom is -0.355 e. The van der Waals surface area contributed by atoms with E-state index in [-0.39, 0.29) is 5.91 Å². The van der Waals surface area contributed by atoms with Crippen LogP contribution in [0.2, 0.25) is 0 Å². The lowest BCUT2D eigenvalue weighted by atomic mass is 10.2. The number of rotatable bonds is 1. The third-order valence-electron chi connectivity index (χ3n) is 2.08. The first-order valence-electron chi connectivity index (χ1n) is 4.28. The zero-order valence-corrected chi connectivity index (χ0v) is 8.81. The van der Waals surface area contributed by atoms with Crippen molar-refractivity contribution in [2.75, 3.05) is 7.05 Å². The van der Waals surface area contributed by atoms with Crippen molar-refractivity contribution in [2.24, 2.45) is 0 Å². The number of nitrogens with one attached hydrogen (secondary N) is 1. The number of fused-ring (bicyclic) bond motifs is 1. The van der Waals surface area contributed by atoms with Crippen LogP contribution >= 0.6 is 11.3 Å². The highest BCUT2D eigenvalue weighted by Gasteiger charge is 2.07. The second kappa shape index (κ2) is 3.38. The minimum absolute atomic E-state index is 0.0922. The molecule has 4 heteroatoms. The standard InChI is InChI=1S/C10H10N2OS/c1-6-5-14-8-3-7(10(13)11-2)4-12-9(6)8/h3-5H,1-2H3,(H,11,13). The lowest BCUT2D eigenvalue weighted by Gasteiger charge is -1.98. The van der Waals surface area contributed by atoms with Crippen molar-refractivity contribution in [3.8, 4) is 0 Å². The summed E-state index contributed by atoms with van der Waals surface area (Å²) in [5.41, 5.74) is 2.76. The molecule has 2 rings (SSSR count). The molecule has 0 fully saturated rings. The molecule has 1 N–H and O–H groups in total. The third kappa shape index (κ3) is 1.37. The predicted octanol–water partition coefficient (Wildman–Crippen LogP) is 1.96. The number of nitrogens with zero attached hydrogens (tertiary/aromatic N) is 1. The second-order valence-corrected chi connectivity index (χ2v) is 3.98. The fourth-order valence-corrected chi connectivity index (χ4v) is 2.24. The van der Waals surface area contributed by atoms with E-state index in [0.29, 0.717) is 5.56 Å². The average Bonchev–Trinajstić information content (AvgIpc) is 2.59. The van der Waals surface area contributed by atoms with Gasteiger partial charge in [-0.2, -0.15) is 0 Å². The molecule has 2 aromatic heterocycles. The van der Waals surface area contributed by atoms with E-state index in [1.807, 2.05) is 18.4 Å². The number of thiophene rings is 1. The van der Waals surface area contributed by atoms with Crippen LogP contribution in [0.1, 0.15) is 15.9 Å². The van der Waals surface area contributed by atoms with Gasteiger partial charge >= 0.3 is 0 Å². The zero-order chi connectivity index (χ0) is 10.1. The molecule has 2 aromatic rings. The number of aromatic nitrogens is 1. The highest BCUT2D eigenvalue weighted by molar-refractivity contribution is 7.17. The smallest absolute Gasteiger partial charge is 0.252 e. The van der Waals surface area contributed by atoms with Gasteiger partial charge in [0, 0.05) is 13.2 Å². The van der Waals surface area contributed by atoms with Crippen LogP contribution in [0, 0.1) is 6.92 Å². The van der Waals surface area contributed by atoms with Gasteiger partial charge in [0.25, 0.3) is 5.91 Å². The van der Waals surface area contributed by atoms with Crippen molar-refractivity contribution in [2.45, 2.75) is 6.92 Å². The molecule has 0 atom stereocenters. The summed E-state index contributed by atoms with van der Waals surface area (Å²) >= 11 is 1.61. The molecular formula is C10H10N2OS. The van der Waals surface area contributed by atoms with Gasteiger partial charge in [0.2, 0.25) is 0 Å². The van der Waals surface area contributed by atoms with Gasteiger partial charge in [0.05, 0.1) is 15.8 Å². The Labute approximate surface area is 85.8 Å². The maximum Gasteiger partial charge on any atom is 0.252 e. The lowest BCUT2D eigenvalue weighted by Crippen LogP contribution is -2.17. The Morgan fingerprint density at radius 2 is 2.36 bits per heavy atom. The van der Waals surface area contributed by atoms with E-state index in [4.69, 9.17) is 0 Å².